The highest BCUT2D eigenvalue weighted by Gasteiger charge is 2.20. The molecule has 0 spiro atoms. The van der Waals surface area contributed by atoms with Crippen LogP contribution in [0.1, 0.15) is 24.1 Å². The Bertz CT molecular complexity index is 366. The van der Waals surface area contributed by atoms with Gasteiger partial charge in [-0.3, -0.25) is 9.88 Å². The van der Waals surface area contributed by atoms with Crippen LogP contribution in [0.3, 0.4) is 0 Å². The van der Waals surface area contributed by atoms with E-state index in [1.807, 2.05) is 13.2 Å². The van der Waals surface area contributed by atoms with Gasteiger partial charge in [-0.1, -0.05) is 6.07 Å². The van der Waals surface area contributed by atoms with E-state index in [0.717, 1.165) is 19.1 Å². The lowest BCUT2D eigenvalue weighted by atomic mass is 10.0. The minimum Gasteiger partial charge on any atom is -0.316 e. The summed E-state index contributed by atoms with van der Waals surface area (Å²) < 4.78 is 0. The molecule has 4 nitrogen and oxygen atoms in total. The molecule has 0 saturated carbocycles. The van der Waals surface area contributed by atoms with Crippen molar-refractivity contribution in [1.29, 1.82) is 0 Å². The van der Waals surface area contributed by atoms with Crippen molar-refractivity contribution in [2.45, 2.75) is 32.0 Å². The molecule has 1 saturated heterocycles. The highest BCUT2D eigenvalue weighted by molar-refractivity contribution is 5.14. The molecule has 4 heteroatoms. The van der Waals surface area contributed by atoms with Gasteiger partial charge in [0.05, 0.1) is 5.69 Å². The fourth-order valence-corrected chi connectivity index (χ4v) is 2.68. The fraction of sp³-hybridized carbons (Fsp3) is 0.667. The standard InChI is InChI=1S/C15H26N4/c1-16-10-13-4-5-14(17-11-13)12-19-8-6-15(7-9-19)18(2)3/h4-5,11,15-16H,6-10,12H2,1-3H3. The first-order valence-corrected chi connectivity index (χ1v) is 7.16. The second-order valence-electron chi connectivity index (χ2n) is 5.66. The first-order valence-electron chi connectivity index (χ1n) is 7.16. The normalized spacial score (nSPS) is 18.1. The molecular weight excluding hydrogens is 236 g/mol. The first kappa shape index (κ1) is 14.4. The SMILES string of the molecule is CNCc1ccc(CN2CCC(N(C)C)CC2)nc1. The highest BCUT2D eigenvalue weighted by atomic mass is 15.2. The molecule has 1 aromatic heterocycles. The Morgan fingerprint density at radius 1 is 1.32 bits per heavy atom. The van der Waals surface area contributed by atoms with Crippen molar-refractivity contribution in [3.05, 3.63) is 29.6 Å². The number of aromatic nitrogens is 1. The van der Waals surface area contributed by atoms with Gasteiger partial charge in [-0.15, -0.1) is 0 Å². The van der Waals surface area contributed by atoms with Crippen LogP contribution in [0, 0.1) is 0 Å². The van der Waals surface area contributed by atoms with Gasteiger partial charge < -0.3 is 10.2 Å². The maximum Gasteiger partial charge on any atom is 0.0544 e. The third-order valence-electron chi connectivity index (χ3n) is 3.94. The number of pyridine rings is 1. The molecule has 1 aromatic rings. The van der Waals surface area contributed by atoms with Gasteiger partial charge >= 0.3 is 0 Å². The topological polar surface area (TPSA) is 31.4 Å². The number of piperidine rings is 1. The average molecular weight is 262 g/mol. The molecule has 0 radical (unpaired) electrons. The minimum absolute atomic E-state index is 0.752. The third kappa shape index (κ3) is 4.27. The predicted octanol–water partition coefficient (Wildman–Crippen LogP) is 1.33. The Morgan fingerprint density at radius 3 is 2.58 bits per heavy atom. The predicted molar refractivity (Wildman–Crippen MR) is 79.0 cm³/mol. The zero-order valence-corrected chi connectivity index (χ0v) is 12.4. The van der Waals surface area contributed by atoms with Crippen molar-refractivity contribution in [2.24, 2.45) is 0 Å². The van der Waals surface area contributed by atoms with E-state index in [1.165, 1.54) is 37.2 Å². The Kier molecular flexibility index (Phi) is 5.31. The van der Waals surface area contributed by atoms with Crippen molar-refractivity contribution in [3.63, 3.8) is 0 Å². The van der Waals surface area contributed by atoms with Crippen LogP contribution in [-0.4, -0.2) is 55.1 Å². The molecule has 106 valence electrons. The van der Waals surface area contributed by atoms with Crippen LogP contribution in [-0.2, 0) is 13.1 Å². The maximum absolute atomic E-state index is 4.55. The summed E-state index contributed by atoms with van der Waals surface area (Å²) in [5.41, 5.74) is 2.43. The quantitative estimate of drug-likeness (QED) is 0.867. The Balaban J connectivity index is 1.82. The van der Waals surface area contributed by atoms with Crippen molar-refractivity contribution < 1.29 is 0 Å². The van der Waals surface area contributed by atoms with Crippen LogP contribution in [0.4, 0.5) is 0 Å². The lowest BCUT2D eigenvalue weighted by molar-refractivity contribution is 0.139. The van der Waals surface area contributed by atoms with Crippen LogP contribution in [0.25, 0.3) is 0 Å². The summed E-state index contributed by atoms with van der Waals surface area (Å²) in [7, 11) is 6.33. The van der Waals surface area contributed by atoms with E-state index >= 15 is 0 Å². The number of nitrogens with zero attached hydrogens (tertiary/aromatic N) is 3. The molecule has 0 bridgehead atoms. The summed E-state index contributed by atoms with van der Waals surface area (Å²) in [5, 5.41) is 3.15. The highest BCUT2D eigenvalue weighted by Crippen LogP contribution is 2.16. The summed E-state index contributed by atoms with van der Waals surface area (Å²) >= 11 is 0. The second-order valence-corrected chi connectivity index (χ2v) is 5.66. The molecule has 0 atom stereocenters. The number of hydrogen-bond donors (Lipinski definition) is 1. The first-order chi connectivity index (χ1) is 9.19. The zero-order valence-electron chi connectivity index (χ0n) is 12.4. The summed E-state index contributed by atoms with van der Waals surface area (Å²) in [6.07, 6.45) is 4.52. The molecule has 2 heterocycles. The Labute approximate surface area is 116 Å². The van der Waals surface area contributed by atoms with Crippen LogP contribution in [0.5, 0.6) is 0 Å². The van der Waals surface area contributed by atoms with E-state index in [9.17, 15) is 0 Å². The summed E-state index contributed by atoms with van der Waals surface area (Å²) in [6, 6.07) is 5.08. The average Bonchev–Trinajstić information content (AvgIpc) is 2.42. The van der Waals surface area contributed by atoms with E-state index in [4.69, 9.17) is 0 Å². The summed E-state index contributed by atoms with van der Waals surface area (Å²) in [6.45, 7) is 4.24. The molecule has 1 aliphatic rings. The molecular formula is C15H26N4. The van der Waals surface area contributed by atoms with Crippen molar-refractivity contribution in [3.8, 4) is 0 Å². The molecule has 1 aliphatic heterocycles. The molecule has 2 rings (SSSR count). The third-order valence-corrected chi connectivity index (χ3v) is 3.94. The number of rotatable bonds is 5. The van der Waals surface area contributed by atoms with E-state index in [1.54, 1.807) is 0 Å². The van der Waals surface area contributed by atoms with Gasteiger partial charge in [-0.05, 0) is 45.6 Å². The largest absolute Gasteiger partial charge is 0.316 e. The van der Waals surface area contributed by atoms with Gasteiger partial charge in [0, 0.05) is 38.4 Å². The lowest BCUT2D eigenvalue weighted by Crippen LogP contribution is -2.41. The van der Waals surface area contributed by atoms with Crippen LogP contribution < -0.4 is 5.32 Å². The van der Waals surface area contributed by atoms with Crippen LogP contribution in [0.15, 0.2) is 18.3 Å². The minimum atomic E-state index is 0.752. The number of nitrogens with one attached hydrogen (secondary N) is 1. The van der Waals surface area contributed by atoms with Gasteiger partial charge in [-0.25, -0.2) is 0 Å². The maximum atomic E-state index is 4.55. The van der Waals surface area contributed by atoms with Gasteiger partial charge in [0.2, 0.25) is 0 Å². The van der Waals surface area contributed by atoms with E-state index in [2.05, 4.69) is 46.3 Å². The molecule has 1 fully saturated rings. The van der Waals surface area contributed by atoms with E-state index in [-0.39, 0.29) is 0 Å². The van der Waals surface area contributed by atoms with Gasteiger partial charge in [0.1, 0.15) is 0 Å². The van der Waals surface area contributed by atoms with Gasteiger partial charge in [0.15, 0.2) is 0 Å². The molecule has 0 aromatic carbocycles. The second kappa shape index (κ2) is 6.98. The Hall–Kier alpha value is -0.970. The molecule has 19 heavy (non-hydrogen) atoms. The molecule has 0 unspecified atom stereocenters. The fourth-order valence-electron chi connectivity index (χ4n) is 2.68. The van der Waals surface area contributed by atoms with Crippen LogP contribution >= 0.6 is 0 Å². The molecule has 0 amide bonds. The van der Waals surface area contributed by atoms with Gasteiger partial charge in [0.25, 0.3) is 0 Å². The molecule has 1 N–H and O–H groups in total. The van der Waals surface area contributed by atoms with Crippen molar-refractivity contribution >= 4 is 0 Å². The molecule has 0 aliphatic carbocycles. The van der Waals surface area contributed by atoms with E-state index in [0.29, 0.717) is 0 Å². The Morgan fingerprint density at radius 2 is 2.05 bits per heavy atom. The number of hydrogen-bond acceptors (Lipinski definition) is 4. The summed E-state index contributed by atoms with van der Waals surface area (Å²) in [5.74, 6) is 0. The monoisotopic (exact) mass is 262 g/mol. The van der Waals surface area contributed by atoms with Crippen molar-refractivity contribution in [2.75, 3.05) is 34.2 Å². The zero-order chi connectivity index (χ0) is 13.7. The van der Waals surface area contributed by atoms with Crippen molar-refractivity contribution in [1.82, 2.24) is 20.1 Å². The van der Waals surface area contributed by atoms with Gasteiger partial charge in [-0.2, -0.15) is 0 Å². The lowest BCUT2D eigenvalue weighted by Gasteiger charge is -2.34. The van der Waals surface area contributed by atoms with E-state index < -0.39 is 0 Å². The smallest absolute Gasteiger partial charge is 0.0544 e. The van der Waals surface area contributed by atoms with Crippen LogP contribution in [0.2, 0.25) is 0 Å². The summed E-state index contributed by atoms with van der Waals surface area (Å²) in [4.78, 5) is 9.42. The number of likely N-dealkylation sites (tertiary alicyclic amines) is 1.